The summed E-state index contributed by atoms with van der Waals surface area (Å²) >= 11 is 7.11. The molecule has 0 saturated heterocycles. The summed E-state index contributed by atoms with van der Waals surface area (Å²) in [6.45, 7) is 0. The number of hydrogen-bond acceptors (Lipinski definition) is 7. The van der Waals surface area contributed by atoms with Gasteiger partial charge in [-0.3, -0.25) is 0 Å². The highest BCUT2D eigenvalue weighted by atomic mass is 79.9. The maximum Gasteiger partial charge on any atom is 0.138 e. The van der Waals surface area contributed by atoms with Crippen LogP contribution < -0.4 is 9.80 Å². The van der Waals surface area contributed by atoms with E-state index in [0.717, 1.165) is 154 Å². The van der Waals surface area contributed by atoms with Gasteiger partial charge in [-0.1, -0.05) is 208 Å². The zero-order valence-corrected chi connectivity index (χ0v) is 54.6. The van der Waals surface area contributed by atoms with E-state index in [-0.39, 0.29) is 0 Å². The fourth-order valence-corrected chi connectivity index (χ4v) is 14.8. The standard InChI is InChI=1S/C52H32N2O3.C19H14O.C16H8Br2O/c1-3-13-33(14-4-1)53(35-24-27-48-43(29-35)39-18-9-11-21-46(39)55-48)37-23-26-42-50(31-37)57-51-32-45(38-17-7-8-20-41(38)52(42)51)54(34-15-5-2-6-16-34)36-25-28-49-44(30-36)40-19-10-12-22-47(40)56-49;1-2-6-14(7-3-1)12-15-10-11-19-17(13-15)16-8-4-5-9-18(16)20-19;17-9-5-6-12-14(7-9)19-15-8-13(18)10-3-1-2-4-11(10)16(12)15/h1-32H;1-11,13H,12H2;1-8H. The Morgan fingerprint density at radius 2 is 0.615 bits per heavy atom. The van der Waals surface area contributed by atoms with Crippen molar-refractivity contribution in [3.63, 3.8) is 0 Å². The van der Waals surface area contributed by atoms with E-state index >= 15 is 0 Å². The van der Waals surface area contributed by atoms with Crippen molar-refractivity contribution in [2.24, 2.45) is 0 Å². The second-order valence-corrected chi connectivity index (χ2v) is 25.9. The summed E-state index contributed by atoms with van der Waals surface area (Å²) in [6.07, 6.45) is 0.955. The minimum absolute atomic E-state index is 0.818. The Bertz CT molecular complexity index is 6370. The van der Waals surface area contributed by atoms with Crippen molar-refractivity contribution in [1.29, 1.82) is 0 Å². The van der Waals surface area contributed by atoms with E-state index in [0.29, 0.717) is 0 Å². The van der Waals surface area contributed by atoms with Gasteiger partial charge in [0.1, 0.15) is 55.8 Å². The molecule has 0 atom stereocenters. The van der Waals surface area contributed by atoms with Crippen LogP contribution in [0.15, 0.2) is 346 Å². The van der Waals surface area contributed by atoms with E-state index in [1.807, 2.05) is 60.7 Å². The number of rotatable bonds is 8. The predicted octanol–water partition coefficient (Wildman–Crippen LogP) is 26.9. The molecule has 96 heavy (non-hydrogen) atoms. The van der Waals surface area contributed by atoms with Crippen LogP contribution in [0.3, 0.4) is 0 Å². The number of nitrogens with zero attached hydrogens (tertiary/aromatic N) is 2. The summed E-state index contributed by atoms with van der Waals surface area (Å²) in [7, 11) is 0. The first-order chi connectivity index (χ1) is 47.4. The summed E-state index contributed by atoms with van der Waals surface area (Å²) in [6, 6.07) is 110. The van der Waals surface area contributed by atoms with Crippen LogP contribution in [0.1, 0.15) is 11.1 Å². The zero-order chi connectivity index (χ0) is 63.8. The van der Waals surface area contributed by atoms with Gasteiger partial charge in [-0.15, -0.1) is 0 Å². The summed E-state index contributed by atoms with van der Waals surface area (Å²) in [5.74, 6) is 0. The van der Waals surface area contributed by atoms with Crippen LogP contribution in [0, 0.1) is 0 Å². The van der Waals surface area contributed by atoms with E-state index in [4.69, 9.17) is 22.1 Å². The first-order valence-electron chi connectivity index (χ1n) is 31.9. The Morgan fingerprint density at radius 1 is 0.219 bits per heavy atom. The molecule has 0 unspecified atom stereocenters. The Balaban J connectivity index is 0.000000139. The Labute approximate surface area is 567 Å². The molecule has 0 N–H and O–H groups in total. The van der Waals surface area contributed by atoms with Crippen LogP contribution >= 0.6 is 31.9 Å². The molecule has 0 aliphatic carbocycles. The molecule has 5 heterocycles. The summed E-state index contributed by atoms with van der Waals surface area (Å²) in [5, 5.41) is 15.9. The molecule has 0 saturated carbocycles. The van der Waals surface area contributed by atoms with Crippen molar-refractivity contribution in [2.45, 2.75) is 6.42 Å². The van der Waals surface area contributed by atoms with Gasteiger partial charge < -0.3 is 31.9 Å². The van der Waals surface area contributed by atoms with Crippen molar-refractivity contribution in [3.05, 3.63) is 336 Å². The third-order valence-corrected chi connectivity index (χ3v) is 19.4. The topological polar surface area (TPSA) is 72.2 Å². The lowest BCUT2D eigenvalue weighted by Gasteiger charge is -2.27. The molecule has 15 aromatic carbocycles. The van der Waals surface area contributed by atoms with Crippen LogP contribution in [0.4, 0.5) is 34.1 Å². The molecule has 20 aromatic rings. The highest BCUT2D eigenvalue weighted by Gasteiger charge is 2.24. The molecule has 0 fully saturated rings. The molecule has 7 nitrogen and oxygen atoms in total. The third-order valence-electron chi connectivity index (χ3n) is 18.3. The number of benzene rings is 15. The second kappa shape index (κ2) is 23.7. The molecule has 0 bridgehead atoms. The van der Waals surface area contributed by atoms with Crippen LogP contribution in [0.2, 0.25) is 0 Å². The van der Waals surface area contributed by atoms with Crippen LogP contribution in [0.5, 0.6) is 0 Å². The van der Waals surface area contributed by atoms with Gasteiger partial charge in [-0.05, 0) is 161 Å². The van der Waals surface area contributed by atoms with E-state index in [1.54, 1.807) is 0 Å². The van der Waals surface area contributed by atoms with E-state index < -0.39 is 0 Å². The predicted molar refractivity (Wildman–Crippen MR) is 405 cm³/mol. The normalized spacial score (nSPS) is 11.7. The molecular formula is C87H54Br2N2O5. The quantitative estimate of drug-likeness (QED) is 0.150. The summed E-state index contributed by atoms with van der Waals surface area (Å²) < 4.78 is 33.3. The number of furan rings is 5. The molecule has 0 spiro atoms. The molecule has 20 rings (SSSR count). The maximum absolute atomic E-state index is 6.93. The lowest BCUT2D eigenvalue weighted by Crippen LogP contribution is -2.10. The maximum atomic E-state index is 6.93. The van der Waals surface area contributed by atoms with Crippen molar-refractivity contribution in [3.8, 4) is 0 Å². The fourth-order valence-electron chi connectivity index (χ4n) is 14.0. The highest BCUT2D eigenvalue weighted by Crippen LogP contribution is 2.48. The molecule has 9 heteroatoms. The fraction of sp³-hybridized carbons (Fsp3) is 0.0115. The minimum atomic E-state index is 0.818. The molecule has 0 aliphatic heterocycles. The smallest absolute Gasteiger partial charge is 0.138 e. The number of halogens is 2. The Kier molecular flexibility index (Phi) is 14.1. The molecule has 0 radical (unpaired) electrons. The first kappa shape index (κ1) is 57.1. The van der Waals surface area contributed by atoms with Crippen LogP contribution in [-0.4, -0.2) is 0 Å². The van der Waals surface area contributed by atoms with Crippen molar-refractivity contribution in [1.82, 2.24) is 0 Å². The number of para-hydroxylation sites is 5. The van der Waals surface area contributed by atoms with Crippen molar-refractivity contribution >= 4 is 197 Å². The lowest BCUT2D eigenvalue weighted by atomic mass is 10.0. The van der Waals surface area contributed by atoms with Crippen LogP contribution in [0.25, 0.3) is 131 Å². The van der Waals surface area contributed by atoms with Gasteiger partial charge in [0, 0.05) is 109 Å². The molecule has 456 valence electrons. The first-order valence-corrected chi connectivity index (χ1v) is 33.5. The Hall–Kier alpha value is -11.6. The largest absolute Gasteiger partial charge is 0.456 e. The van der Waals surface area contributed by atoms with Crippen molar-refractivity contribution < 1.29 is 22.1 Å². The van der Waals surface area contributed by atoms with E-state index in [9.17, 15) is 0 Å². The van der Waals surface area contributed by atoms with Gasteiger partial charge in [0.2, 0.25) is 0 Å². The van der Waals surface area contributed by atoms with Crippen LogP contribution in [-0.2, 0) is 6.42 Å². The molecular weight excluding hydrogens is 1310 g/mol. The minimum Gasteiger partial charge on any atom is -0.456 e. The zero-order valence-electron chi connectivity index (χ0n) is 51.4. The number of anilines is 6. The van der Waals surface area contributed by atoms with Gasteiger partial charge in [-0.25, -0.2) is 0 Å². The Morgan fingerprint density at radius 3 is 1.20 bits per heavy atom. The second-order valence-electron chi connectivity index (χ2n) is 24.1. The SMILES string of the molecule is Brc1ccc2c(c1)oc1cc(Br)c3ccccc3c12.c1ccc(Cc2ccc3oc4ccccc4c3c2)cc1.c1ccc(N(c2ccc3c(c2)oc2cc(N(c4ccccc4)c4ccc5oc6ccccc6c5c4)c4ccccc4c23)c2ccc3oc4ccccc4c3c2)cc1. The average molecular weight is 1370 g/mol. The molecule has 0 aliphatic rings. The molecule has 0 amide bonds. The van der Waals surface area contributed by atoms with Gasteiger partial charge in [0.15, 0.2) is 0 Å². The monoisotopic (exact) mass is 1360 g/mol. The van der Waals surface area contributed by atoms with Gasteiger partial charge in [0.25, 0.3) is 0 Å². The number of fused-ring (bicyclic) bond motifs is 19. The van der Waals surface area contributed by atoms with E-state index in [2.05, 4.69) is 296 Å². The lowest BCUT2D eigenvalue weighted by molar-refractivity contribution is 0.668. The third kappa shape index (κ3) is 10.1. The average Bonchev–Trinajstić information content (AvgIpc) is 1.59. The van der Waals surface area contributed by atoms with Crippen molar-refractivity contribution in [2.75, 3.05) is 9.80 Å². The van der Waals surface area contributed by atoms with Gasteiger partial charge in [-0.2, -0.15) is 0 Å². The summed E-state index contributed by atoms with van der Waals surface area (Å²) in [5.41, 5.74) is 17.7. The number of hydrogen-bond donors (Lipinski definition) is 0. The van der Waals surface area contributed by atoms with Gasteiger partial charge in [0.05, 0.1) is 5.69 Å². The van der Waals surface area contributed by atoms with Gasteiger partial charge >= 0.3 is 0 Å². The highest BCUT2D eigenvalue weighted by molar-refractivity contribution is 9.11. The summed E-state index contributed by atoms with van der Waals surface area (Å²) in [4.78, 5) is 4.61. The van der Waals surface area contributed by atoms with E-state index in [1.165, 1.54) is 38.1 Å². The molecule has 5 aromatic heterocycles.